The van der Waals surface area contributed by atoms with Crippen molar-refractivity contribution in [3.05, 3.63) is 56.0 Å². The Morgan fingerprint density at radius 1 is 0.810 bits per heavy atom. The Bertz CT molecular complexity index is 1200. The van der Waals surface area contributed by atoms with Crippen molar-refractivity contribution in [2.45, 2.75) is 103 Å². The van der Waals surface area contributed by atoms with Gasteiger partial charge in [0.1, 0.15) is 11.5 Å². The first-order chi connectivity index (χ1) is 20.3. The van der Waals surface area contributed by atoms with Gasteiger partial charge in [0.15, 0.2) is 0 Å². The van der Waals surface area contributed by atoms with Crippen LogP contribution in [-0.4, -0.2) is 24.3 Å². The van der Waals surface area contributed by atoms with E-state index in [1.165, 1.54) is 87.8 Å². The number of nitrogens with one attached hydrogen (secondary N) is 1. The van der Waals surface area contributed by atoms with Crippen LogP contribution < -0.4 is 10.4 Å². The number of rotatable bonds is 18. The summed E-state index contributed by atoms with van der Waals surface area (Å²) in [5.41, 5.74) is 3.88. The first-order valence-electron chi connectivity index (χ1n) is 15.1. The largest absolute Gasteiger partial charge is 0.462 e. The molecule has 0 aliphatic carbocycles. The molecule has 1 saturated heterocycles. The number of amidine groups is 1. The van der Waals surface area contributed by atoms with Crippen molar-refractivity contribution >= 4 is 75.5 Å². The van der Waals surface area contributed by atoms with Crippen LogP contribution in [0.2, 0.25) is 20.1 Å². The van der Waals surface area contributed by atoms with Gasteiger partial charge in [-0.3, -0.25) is 10.2 Å². The topological polar surface area (TPSA) is 71.0 Å². The summed E-state index contributed by atoms with van der Waals surface area (Å²) in [4.78, 5) is 29.8. The van der Waals surface area contributed by atoms with Crippen molar-refractivity contribution in [1.82, 2.24) is 5.43 Å². The summed E-state index contributed by atoms with van der Waals surface area (Å²) in [5.74, 6) is -0.406. The minimum atomic E-state index is -0.431. The average molecular weight is 658 g/mol. The standard InChI is InChI=1S/C32H41Cl4N3O3/c1-2-3-4-5-6-7-8-9-10-11-12-13-14-15-18-42-32(41)23-16-17-25(34)28(19-23)37-29-22-30(40)39(38-29)31-26(35)20-24(33)21-27(31)36/h16-17,19-21H,2-15,18,22H2,1H3,(H,37,38). The molecule has 0 saturated carbocycles. The molecular formula is C32H41Cl4N3O3. The van der Waals surface area contributed by atoms with Crippen molar-refractivity contribution < 1.29 is 14.3 Å². The molecule has 230 valence electrons. The molecular weight excluding hydrogens is 616 g/mol. The van der Waals surface area contributed by atoms with Crippen LogP contribution in [-0.2, 0) is 9.53 Å². The van der Waals surface area contributed by atoms with Crippen molar-refractivity contribution in [2.24, 2.45) is 4.99 Å². The van der Waals surface area contributed by atoms with Crippen LogP contribution in [0.5, 0.6) is 0 Å². The zero-order chi connectivity index (χ0) is 30.3. The number of hydrogen-bond acceptors (Lipinski definition) is 4. The van der Waals surface area contributed by atoms with E-state index in [9.17, 15) is 9.59 Å². The van der Waals surface area contributed by atoms with Crippen LogP contribution in [0, 0.1) is 0 Å². The number of aliphatic imine (C=N–C) groups is 1. The first-order valence-corrected chi connectivity index (χ1v) is 16.6. The van der Waals surface area contributed by atoms with E-state index in [0.29, 0.717) is 33.7 Å². The molecule has 0 aromatic heterocycles. The molecule has 3 rings (SSSR count). The van der Waals surface area contributed by atoms with E-state index in [-0.39, 0.29) is 28.1 Å². The van der Waals surface area contributed by atoms with E-state index < -0.39 is 5.97 Å². The third-order valence-electron chi connectivity index (χ3n) is 7.18. The van der Waals surface area contributed by atoms with Gasteiger partial charge in [-0.15, -0.1) is 0 Å². The van der Waals surface area contributed by atoms with E-state index in [1.807, 2.05) is 0 Å². The molecule has 0 unspecified atom stereocenters. The van der Waals surface area contributed by atoms with Crippen LogP contribution in [0.25, 0.3) is 0 Å². The number of nitrogens with zero attached hydrogens (tertiary/aromatic N) is 2. The summed E-state index contributed by atoms with van der Waals surface area (Å²) in [7, 11) is 0. The number of carbonyl (C=O) groups excluding carboxylic acids is 2. The Labute approximate surface area is 270 Å². The molecule has 1 amide bonds. The Hall–Kier alpha value is -1.99. The number of hydrazine groups is 1. The summed E-state index contributed by atoms with van der Waals surface area (Å²) in [6.45, 7) is 2.63. The minimum Gasteiger partial charge on any atom is -0.462 e. The van der Waals surface area contributed by atoms with Gasteiger partial charge in [-0.25, -0.2) is 14.8 Å². The molecule has 1 aliphatic heterocycles. The van der Waals surface area contributed by atoms with Crippen LogP contribution in [0.3, 0.4) is 0 Å². The molecule has 1 aliphatic rings. The van der Waals surface area contributed by atoms with Gasteiger partial charge in [0.2, 0.25) is 0 Å². The zero-order valence-electron chi connectivity index (χ0n) is 24.3. The Morgan fingerprint density at radius 2 is 1.36 bits per heavy atom. The summed E-state index contributed by atoms with van der Waals surface area (Å²) in [5, 5.41) is 2.35. The number of anilines is 1. The molecule has 6 nitrogen and oxygen atoms in total. The number of esters is 1. The fourth-order valence-electron chi connectivity index (χ4n) is 4.86. The summed E-state index contributed by atoms with van der Waals surface area (Å²) in [6.07, 6.45) is 17.8. The maximum atomic E-state index is 12.7. The third-order valence-corrected chi connectivity index (χ3v) is 8.30. The fourth-order valence-corrected chi connectivity index (χ4v) is 6.01. The second-order valence-corrected chi connectivity index (χ2v) is 12.4. The molecule has 2 aromatic rings. The van der Waals surface area contributed by atoms with Crippen LogP contribution in [0.4, 0.5) is 11.4 Å². The van der Waals surface area contributed by atoms with Crippen LogP contribution in [0.1, 0.15) is 114 Å². The molecule has 1 heterocycles. The average Bonchev–Trinajstić information content (AvgIpc) is 3.30. The van der Waals surface area contributed by atoms with Crippen LogP contribution in [0.15, 0.2) is 35.3 Å². The van der Waals surface area contributed by atoms with Gasteiger partial charge in [-0.1, -0.05) is 137 Å². The van der Waals surface area contributed by atoms with Crippen molar-refractivity contribution in [3.8, 4) is 0 Å². The maximum Gasteiger partial charge on any atom is 0.338 e. The minimum absolute atomic E-state index is 0.0284. The zero-order valence-corrected chi connectivity index (χ0v) is 27.4. The molecule has 0 radical (unpaired) electrons. The number of carbonyl (C=O) groups is 2. The summed E-state index contributed by atoms with van der Waals surface area (Å²) < 4.78 is 5.48. The van der Waals surface area contributed by atoms with Gasteiger partial charge in [-0.05, 0) is 36.8 Å². The lowest BCUT2D eigenvalue weighted by Crippen LogP contribution is -2.36. The number of hydrogen-bond donors (Lipinski definition) is 1. The van der Waals surface area contributed by atoms with E-state index in [0.717, 1.165) is 19.3 Å². The number of benzene rings is 2. The van der Waals surface area contributed by atoms with Crippen molar-refractivity contribution in [1.29, 1.82) is 0 Å². The van der Waals surface area contributed by atoms with Gasteiger partial charge in [0.05, 0.1) is 39.3 Å². The Morgan fingerprint density at radius 3 is 1.93 bits per heavy atom. The molecule has 0 bridgehead atoms. The third kappa shape index (κ3) is 11.3. The fraction of sp³-hybridized carbons (Fsp3) is 0.531. The Kier molecular flexibility index (Phi) is 15.3. The highest BCUT2D eigenvalue weighted by Gasteiger charge is 2.30. The van der Waals surface area contributed by atoms with Crippen molar-refractivity contribution in [2.75, 3.05) is 11.6 Å². The number of unbranched alkanes of at least 4 members (excludes halogenated alkanes) is 13. The monoisotopic (exact) mass is 655 g/mol. The van der Waals surface area contributed by atoms with E-state index in [1.54, 1.807) is 18.2 Å². The molecule has 1 fully saturated rings. The van der Waals surface area contributed by atoms with E-state index >= 15 is 0 Å². The number of halogens is 4. The second-order valence-electron chi connectivity index (χ2n) is 10.7. The smallest absolute Gasteiger partial charge is 0.338 e. The molecule has 1 N–H and O–H groups in total. The highest BCUT2D eigenvalue weighted by molar-refractivity contribution is 6.42. The lowest BCUT2D eigenvalue weighted by atomic mass is 10.0. The normalized spacial score (nSPS) is 14.1. The highest BCUT2D eigenvalue weighted by Crippen LogP contribution is 2.37. The lowest BCUT2D eigenvalue weighted by Gasteiger charge is -2.19. The van der Waals surface area contributed by atoms with Gasteiger partial charge < -0.3 is 4.74 Å². The van der Waals surface area contributed by atoms with Crippen LogP contribution >= 0.6 is 46.4 Å². The SMILES string of the molecule is CCCCCCCCCCCCCCCCOC(=O)c1ccc(Cl)c(N=C2CC(=O)N(c3c(Cl)cc(Cl)cc3Cl)N2)c1. The van der Waals surface area contributed by atoms with Gasteiger partial charge in [0, 0.05) is 5.02 Å². The summed E-state index contributed by atoms with van der Waals surface area (Å²) in [6, 6.07) is 7.75. The molecule has 42 heavy (non-hydrogen) atoms. The molecule has 0 spiro atoms. The first kappa shape index (κ1) is 34.5. The van der Waals surface area contributed by atoms with E-state index in [2.05, 4.69) is 17.3 Å². The summed E-state index contributed by atoms with van der Waals surface area (Å²) >= 11 is 24.9. The Balaban J connectivity index is 1.37. The highest BCUT2D eigenvalue weighted by atomic mass is 35.5. The quantitative estimate of drug-likeness (QED) is 0.128. The number of amides is 1. The number of ether oxygens (including phenoxy) is 1. The second kappa shape index (κ2) is 18.6. The molecule has 0 atom stereocenters. The van der Waals surface area contributed by atoms with Crippen molar-refractivity contribution in [3.63, 3.8) is 0 Å². The van der Waals surface area contributed by atoms with Gasteiger partial charge in [-0.2, -0.15) is 0 Å². The van der Waals surface area contributed by atoms with Gasteiger partial charge in [0.25, 0.3) is 5.91 Å². The lowest BCUT2D eigenvalue weighted by molar-refractivity contribution is -0.116. The predicted octanol–water partition coefficient (Wildman–Crippen LogP) is 10.9. The predicted molar refractivity (Wildman–Crippen MR) is 176 cm³/mol. The molecule has 2 aromatic carbocycles. The van der Waals surface area contributed by atoms with Gasteiger partial charge >= 0.3 is 5.97 Å². The van der Waals surface area contributed by atoms with E-state index in [4.69, 9.17) is 51.1 Å². The molecule has 10 heteroatoms. The maximum absolute atomic E-state index is 12.7.